The third-order valence-electron chi connectivity index (χ3n) is 6.65. The Hall–Kier alpha value is -1.05. The second-order valence-corrected chi connectivity index (χ2v) is 13.2. The van der Waals surface area contributed by atoms with E-state index in [4.69, 9.17) is 14.2 Å². The van der Waals surface area contributed by atoms with Gasteiger partial charge in [-0.15, -0.1) is 0 Å². The molecule has 6 atom stereocenters. The van der Waals surface area contributed by atoms with Gasteiger partial charge in [0.1, 0.15) is 28.1 Å². The van der Waals surface area contributed by atoms with Crippen LogP contribution in [0.4, 0.5) is 0 Å². The Kier molecular flexibility index (Phi) is 6.84. The molecule has 9 nitrogen and oxygen atoms in total. The number of benzene rings is 2. The zero-order valence-corrected chi connectivity index (χ0v) is 24.6. The molecule has 35 heavy (non-hydrogen) atoms. The van der Waals surface area contributed by atoms with Crippen LogP contribution in [0.15, 0.2) is 41.3 Å². The van der Waals surface area contributed by atoms with Crippen molar-refractivity contribution in [1.82, 2.24) is 0 Å². The summed E-state index contributed by atoms with van der Waals surface area (Å²) in [4.78, 5) is 38.3. The third kappa shape index (κ3) is 4.48. The largest absolute Gasteiger partial charge is 0.744 e. The highest BCUT2D eigenvalue weighted by atomic mass is 127. The van der Waals surface area contributed by atoms with Crippen LogP contribution >= 0.6 is 67.8 Å². The minimum absolute atomic E-state index is 0.0321. The topological polar surface area (TPSA) is 136 Å². The molecule has 1 aliphatic heterocycles. The molecule has 2 aromatic rings. The zero-order chi connectivity index (χ0) is 25.2. The molecule has 6 unspecified atom stereocenters. The summed E-state index contributed by atoms with van der Waals surface area (Å²) in [6.07, 6.45) is -0.908. The van der Waals surface area contributed by atoms with Crippen molar-refractivity contribution < 1.29 is 41.6 Å². The molecule has 2 bridgehead atoms. The lowest BCUT2D eigenvalue weighted by molar-refractivity contribution is -0.149. The fourth-order valence-corrected chi connectivity index (χ4v) is 7.79. The fourth-order valence-electron chi connectivity index (χ4n) is 5.20. The number of carbonyl (C=O) groups excluding carboxylic acids is 3. The lowest BCUT2D eigenvalue weighted by Crippen LogP contribution is -2.44. The summed E-state index contributed by atoms with van der Waals surface area (Å²) in [6, 6.07) is 7.98. The lowest BCUT2D eigenvalue weighted by Gasteiger charge is -2.30. The number of rotatable bonds is 5. The molecule has 0 spiro atoms. The van der Waals surface area contributed by atoms with E-state index in [1.807, 2.05) is 6.07 Å². The number of carbonyl (C=O) groups is 3. The van der Waals surface area contributed by atoms with Gasteiger partial charge in [-0.05, 0) is 111 Å². The van der Waals surface area contributed by atoms with Crippen molar-refractivity contribution in [2.45, 2.75) is 23.5 Å². The van der Waals surface area contributed by atoms with Gasteiger partial charge in [0.15, 0.2) is 0 Å². The van der Waals surface area contributed by atoms with E-state index in [9.17, 15) is 27.4 Å². The van der Waals surface area contributed by atoms with Crippen molar-refractivity contribution in [2.24, 2.45) is 23.7 Å². The number of hydrogen-bond donors (Lipinski definition) is 0. The number of halogens is 3. The molecule has 3 fully saturated rings. The Morgan fingerprint density at radius 3 is 2.34 bits per heavy atom. The van der Waals surface area contributed by atoms with Crippen molar-refractivity contribution in [3.05, 3.63) is 52.7 Å². The molecular formula is C22H14I3O9S-. The van der Waals surface area contributed by atoms with Gasteiger partial charge in [-0.25, -0.2) is 13.2 Å². The van der Waals surface area contributed by atoms with Crippen LogP contribution in [0.3, 0.4) is 0 Å². The number of fused-ring (bicyclic) bond motifs is 1. The summed E-state index contributed by atoms with van der Waals surface area (Å²) in [5.41, 5.74) is 0.395. The highest BCUT2D eigenvalue weighted by molar-refractivity contribution is 14.1. The van der Waals surface area contributed by atoms with Crippen LogP contribution in [0.25, 0.3) is 0 Å². The predicted octanol–water partition coefficient (Wildman–Crippen LogP) is 3.34. The van der Waals surface area contributed by atoms with Crippen LogP contribution in [-0.4, -0.2) is 43.1 Å². The Bertz CT molecular complexity index is 1360. The molecule has 0 radical (unpaired) electrons. The van der Waals surface area contributed by atoms with Gasteiger partial charge in [0, 0.05) is 22.5 Å². The summed E-state index contributed by atoms with van der Waals surface area (Å²) in [5, 5.41) is 0. The molecule has 3 aliphatic rings. The zero-order valence-electron chi connectivity index (χ0n) is 17.4. The summed E-state index contributed by atoms with van der Waals surface area (Å²) in [5.74, 6) is -4.01. The van der Waals surface area contributed by atoms with E-state index >= 15 is 0 Å². The molecule has 0 amide bonds. The van der Waals surface area contributed by atoms with E-state index in [-0.39, 0.29) is 11.7 Å². The van der Waals surface area contributed by atoms with E-state index < -0.39 is 62.9 Å². The van der Waals surface area contributed by atoms with Crippen molar-refractivity contribution in [3.8, 4) is 5.75 Å². The summed E-state index contributed by atoms with van der Waals surface area (Å²) < 4.78 is 52.8. The molecule has 184 valence electrons. The first-order chi connectivity index (χ1) is 16.5. The van der Waals surface area contributed by atoms with Crippen LogP contribution in [0.1, 0.15) is 16.8 Å². The highest BCUT2D eigenvalue weighted by Gasteiger charge is 2.70. The number of esters is 3. The fraction of sp³-hybridized carbons (Fsp3) is 0.318. The Morgan fingerprint density at radius 1 is 1.00 bits per heavy atom. The summed E-state index contributed by atoms with van der Waals surface area (Å²) in [6.45, 7) is 0. The maximum Gasteiger partial charge on any atom is 0.339 e. The molecule has 2 aliphatic carbocycles. The van der Waals surface area contributed by atoms with Crippen LogP contribution in [0, 0.1) is 34.4 Å². The average molecular weight is 835 g/mol. The minimum atomic E-state index is -4.64. The van der Waals surface area contributed by atoms with Gasteiger partial charge in [0.2, 0.25) is 0 Å². The van der Waals surface area contributed by atoms with Gasteiger partial charge in [0.25, 0.3) is 0 Å². The molecule has 0 N–H and O–H groups in total. The first kappa shape index (κ1) is 25.6. The van der Waals surface area contributed by atoms with Crippen molar-refractivity contribution in [1.29, 1.82) is 0 Å². The van der Waals surface area contributed by atoms with Gasteiger partial charge in [-0.3, -0.25) is 9.59 Å². The third-order valence-corrected chi connectivity index (χ3v) is 12.7. The molecule has 1 saturated heterocycles. The molecule has 1 heterocycles. The standard InChI is InChI=1S/C22H15I3O9S/c23-13-6-5-10(16(24)17(13)25)20(26)33-18-11-7-12-15(22(28)34-19(12)18)14(11)21(27)32-8-1-3-9(4-2-8)35(29,30)31/h1-6,11-12,14-15,18-19H,7H2,(H,29,30,31)/p-1. The molecule has 2 saturated carbocycles. The Morgan fingerprint density at radius 2 is 1.69 bits per heavy atom. The second kappa shape index (κ2) is 9.36. The Balaban J connectivity index is 1.37. The van der Waals surface area contributed by atoms with Crippen LogP contribution in [0.5, 0.6) is 5.75 Å². The molecule has 0 aromatic heterocycles. The van der Waals surface area contributed by atoms with Gasteiger partial charge < -0.3 is 18.8 Å². The number of ether oxygens (including phenoxy) is 3. The first-order valence-corrected chi connectivity index (χ1v) is 14.9. The molecule has 5 rings (SSSR count). The smallest absolute Gasteiger partial charge is 0.339 e. The maximum absolute atomic E-state index is 13.1. The van der Waals surface area contributed by atoms with E-state index in [2.05, 4.69) is 67.8 Å². The normalized spacial score (nSPS) is 28.6. The van der Waals surface area contributed by atoms with Crippen LogP contribution < -0.4 is 4.74 Å². The quantitative estimate of drug-likeness (QED) is 0.146. The monoisotopic (exact) mass is 835 g/mol. The van der Waals surface area contributed by atoms with Crippen molar-refractivity contribution in [3.63, 3.8) is 0 Å². The summed E-state index contributed by atoms with van der Waals surface area (Å²) in [7, 11) is -4.64. The average Bonchev–Trinajstić information content (AvgIpc) is 3.41. The van der Waals surface area contributed by atoms with Gasteiger partial charge in [-0.2, -0.15) is 0 Å². The van der Waals surface area contributed by atoms with Gasteiger partial charge in [-0.1, -0.05) is 0 Å². The lowest BCUT2D eigenvalue weighted by atomic mass is 9.78. The molecule has 13 heteroatoms. The molecular weight excluding hydrogens is 821 g/mol. The van der Waals surface area contributed by atoms with E-state index in [1.54, 1.807) is 6.07 Å². The molecule has 2 aromatic carbocycles. The predicted molar refractivity (Wildman–Crippen MR) is 142 cm³/mol. The summed E-state index contributed by atoms with van der Waals surface area (Å²) >= 11 is 6.42. The van der Waals surface area contributed by atoms with Crippen LogP contribution in [-0.2, 0) is 29.2 Å². The maximum atomic E-state index is 13.1. The van der Waals surface area contributed by atoms with Crippen LogP contribution in [0.2, 0.25) is 0 Å². The first-order valence-electron chi connectivity index (χ1n) is 10.3. The van der Waals surface area contributed by atoms with E-state index in [0.717, 1.165) is 22.8 Å². The Labute approximate surface area is 240 Å². The van der Waals surface area contributed by atoms with Crippen molar-refractivity contribution >= 4 is 95.8 Å². The number of hydrogen-bond acceptors (Lipinski definition) is 9. The van der Waals surface area contributed by atoms with Gasteiger partial charge >= 0.3 is 17.9 Å². The van der Waals surface area contributed by atoms with E-state index in [0.29, 0.717) is 12.0 Å². The van der Waals surface area contributed by atoms with E-state index in [1.165, 1.54) is 12.1 Å². The van der Waals surface area contributed by atoms with Gasteiger partial charge in [0.05, 0.1) is 22.3 Å². The SMILES string of the molecule is O=C(OC1C2CC3C1OC(=O)C3C2C(=O)Oc1ccc(S(=O)(=O)[O-])cc1)c1ccc(I)c(I)c1I. The minimum Gasteiger partial charge on any atom is -0.744 e. The highest BCUT2D eigenvalue weighted by Crippen LogP contribution is 2.59. The van der Waals surface area contributed by atoms with Crippen molar-refractivity contribution in [2.75, 3.05) is 0 Å². The second-order valence-electron chi connectivity index (χ2n) is 8.46.